The zero-order valence-corrected chi connectivity index (χ0v) is 17.2. The monoisotopic (exact) mass is 445 g/mol. The topological polar surface area (TPSA) is 169 Å². The molecule has 1 fully saturated rings. The van der Waals surface area contributed by atoms with Crippen molar-refractivity contribution in [2.45, 2.75) is 35.3 Å². The zero-order chi connectivity index (χ0) is 22.1. The molecule has 1 aliphatic heterocycles. The van der Waals surface area contributed by atoms with Gasteiger partial charge in [0.1, 0.15) is 29.9 Å². The molecule has 10 nitrogen and oxygen atoms in total. The first-order valence-corrected chi connectivity index (χ1v) is 10.6. The number of benzene rings is 1. The van der Waals surface area contributed by atoms with Crippen LogP contribution in [-0.2, 0) is 16.0 Å². The second-order valence-electron chi connectivity index (χ2n) is 7.39. The minimum atomic E-state index is -1.24. The molecule has 1 saturated heterocycles. The molecular weight excluding hydrogens is 422 g/mol. The molecule has 1 aliphatic rings. The number of carbonyl (C=O) groups excluding carboxylic acids is 1. The number of fused-ring (bicyclic) bond motifs is 1. The molecule has 11 heteroatoms. The lowest BCUT2D eigenvalue weighted by atomic mass is 10.1. The number of aromatic nitrogens is 3. The number of aromatic amines is 1. The van der Waals surface area contributed by atoms with Gasteiger partial charge in [0, 0.05) is 29.7 Å². The third-order valence-electron chi connectivity index (χ3n) is 5.27. The third-order valence-corrected chi connectivity index (χ3v) is 6.82. The molecule has 3 aromatic rings. The quantitative estimate of drug-likeness (QED) is 0.321. The molecule has 0 amide bonds. The molecule has 2 aromatic heterocycles. The minimum absolute atomic E-state index is 0.0638. The van der Waals surface area contributed by atoms with E-state index in [1.165, 1.54) is 16.8 Å². The Labute approximate surface area is 181 Å². The minimum Gasteiger partial charge on any atom is -0.463 e. The highest BCUT2D eigenvalue weighted by molar-refractivity contribution is 8.00. The van der Waals surface area contributed by atoms with Crippen LogP contribution in [0.25, 0.3) is 10.9 Å². The molecular formula is C20H23N5O5S. The number of ether oxygens (including phenoxy) is 1. The Morgan fingerprint density at radius 2 is 2.06 bits per heavy atom. The summed E-state index contributed by atoms with van der Waals surface area (Å²) in [5.41, 5.74) is 12.7. The number of carbonyl (C=O) groups is 1. The van der Waals surface area contributed by atoms with Crippen LogP contribution in [0.1, 0.15) is 10.9 Å². The molecule has 7 N–H and O–H groups in total. The van der Waals surface area contributed by atoms with Crippen molar-refractivity contribution in [1.82, 2.24) is 14.5 Å². The number of nitrogens with zero attached hydrogens (tertiary/aromatic N) is 2. The van der Waals surface area contributed by atoms with Gasteiger partial charge in [0.25, 0.3) is 0 Å². The van der Waals surface area contributed by atoms with Crippen LogP contribution < -0.4 is 17.2 Å². The maximum absolute atomic E-state index is 12.4. The summed E-state index contributed by atoms with van der Waals surface area (Å²) in [4.78, 5) is 31.2. The van der Waals surface area contributed by atoms with Gasteiger partial charge in [-0.1, -0.05) is 18.2 Å². The number of nitrogen functional groups attached to an aromatic ring is 1. The van der Waals surface area contributed by atoms with Crippen molar-refractivity contribution in [3.8, 4) is 0 Å². The standard InChI is InChI=1S/C20H23N5O5S/c21-12(7-10-8-23-13-4-2-1-3-11(10)13)19(28)30-9-14-16(26)17(27)18(31-14)25-6-5-15(22)24-20(25)29/h1-6,8,12,14,16-18,23,26-27H,7,9,21H2,(H2,22,24,29)/t12-,14+,16?,17?,18+/m0/s1. The average Bonchev–Trinajstić information content (AvgIpc) is 3.28. The van der Waals surface area contributed by atoms with Crippen molar-refractivity contribution in [2.75, 3.05) is 12.3 Å². The molecule has 4 rings (SSSR count). The molecule has 2 unspecified atom stereocenters. The van der Waals surface area contributed by atoms with E-state index in [1.807, 2.05) is 30.5 Å². The highest BCUT2D eigenvalue weighted by Crippen LogP contribution is 2.41. The molecule has 0 saturated carbocycles. The second-order valence-corrected chi connectivity index (χ2v) is 8.75. The molecule has 0 aliphatic carbocycles. The van der Waals surface area contributed by atoms with Crippen molar-refractivity contribution in [3.63, 3.8) is 0 Å². The van der Waals surface area contributed by atoms with Crippen LogP contribution in [0.15, 0.2) is 47.5 Å². The summed E-state index contributed by atoms with van der Waals surface area (Å²) >= 11 is 1.12. The molecule has 164 valence electrons. The number of hydrogen-bond acceptors (Lipinski definition) is 9. The van der Waals surface area contributed by atoms with Crippen LogP contribution in [0.3, 0.4) is 0 Å². The summed E-state index contributed by atoms with van der Waals surface area (Å²) in [6.07, 6.45) is 1.08. The number of aliphatic hydroxyl groups excluding tert-OH is 2. The fourth-order valence-corrected chi connectivity index (χ4v) is 5.05. The van der Waals surface area contributed by atoms with Gasteiger partial charge >= 0.3 is 11.7 Å². The number of rotatable bonds is 6. The Balaban J connectivity index is 1.37. The summed E-state index contributed by atoms with van der Waals surface area (Å²) < 4.78 is 6.51. The lowest BCUT2D eigenvalue weighted by Crippen LogP contribution is -2.38. The van der Waals surface area contributed by atoms with Crippen molar-refractivity contribution in [2.24, 2.45) is 5.73 Å². The van der Waals surface area contributed by atoms with E-state index in [9.17, 15) is 19.8 Å². The SMILES string of the molecule is Nc1ccn([C@@H]2S[C@H](COC(=O)[C@@H](N)Cc3c[nH]c4ccccc34)C(O)C2O)c(=O)n1. The number of anilines is 1. The highest BCUT2D eigenvalue weighted by Gasteiger charge is 2.44. The number of nitrogens with two attached hydrogens (primary N) is 2. The van der Waals surface area contributed by atoms with Crippen LogP contribution in [0.4, 0.5) is 5.82 Å². The van der Waals surface area contributed by atoms with Crippen molar-refractivity contribution >= 4 is 34.5 Å². The van der Waals surface area contributed by atoms with Gasteiger partial charge in [0.2, 0.25) is 0 Å². The summed E-state index contributed by atoms with van der Waals surface area (Å²) in [5.74, 6) is -0.545. The van der Waals surface area contributed by atoms with Crippen molar-refractivity contribution in [3.05, 3.63) is 58.8 Å². The first-order chi connectivity index (χ1) is 14.8. The lowest BCUT2D eigenvalue weighted by molar-refractivity contribution is -0.145. The highest BCUT2D eigenvalue weighted by atomic mass is 32.2. The van der Waals surface area contributed by atoms with E-state index in [4.69, 9.17) is 16.2 Å². The molecule has 31 heavy (non-hydrogen) atoms. The van der Waals surface area contributed by atoms with Gasteiger partial charge in [-0.15, -0.1) is 11.8 Å². The van der Waals surface area contributed by atoms with Crippen molar-refractivity contribution < 1.29 is 19.7 Å². The van der Waals surface area contributed by atoms with Crippen molar-refractivity contribution in [1.29, 1.82) is 0 Å². The number of nitrogens with one attached hydrogen (secondary N) is 1. The Morgan fingerprint density at radius 3 is 2.84 bits per heavy atom. The fraction of sp³-hybridized carbons (Fsp3) is 0.350. The molecule has 1 aromatic carbocycles. The van der Waals surface area contributed by atoms with E-state index in [2.05, 4.69) is 9.97 Å². The average molecular weight is 446 g/mol. The first kappa shape index (κ1) is 21.4. The summed E-state index contributed by atoms with van der Waals surface area (Å²) in [6.45, 7) is -0.156. The maximum Gasteiger partial charge on any atom is 0.350 e. The van der Waals surface area contributed by atoms with Gasteiger partial charge in [0.05, 0.1) is 11.4 Å². The number of para-hydroxylation sites is 1. The van der Waals surface area contributed by atoms with E-state index < -0.39 is 40.5 Å². The normalized spacial score (nSPS) is 24.4. The molecule has 3 heterocycles. The van der Waals surface area contributed by atoms with Gasteiger partial charge < -0.3 is 31.4 Å². The lowest BCUT2D eigenvalue weighted by Gasteiger charge is -2.17. The summed E-state index contributed by atoms with van der Waals surface area (Å²) in [7, 11) is 0. The Kier molecular flexibility index (Phi) is 6.01. The predicted molar refractivity (Wildman–Crippen MR) is 116 cm³/mol. The smallest absolute Gasteiger partial charge is 0.350 e. The predicted octanol–water partition coefficient (Wildman–Crippen LogP) is -0.244. The van der Waals surface area contributed by atoms with Crippen LogP contribution in [0.2, 0.25) is 0 Å². The molecule has 0 spiro atoms. The third kappa shape index (κ3) is 4.30. The Bertz CT molecular complexity index is 1150. The largest absolute Gasteiger partial charge is 0.463 e. The van der Waals surface area contributed by atoms with E-state index in [0.29, 0.717) is 6.42 Å². The number of aliphatic hydroxyl groups is 2. The number of thioether (sulfide) groups is 1. The van der Waals surface area contributed by atoms with Crippen LogP contribution in [0, 0.1) is 0 Å². The van der Waals surface area contributed by atoms with Crippen LogP contribution >= 0.6 is 11.8 Å². The number of H-pyrrole nitrogens is 1. The van der Waals surface area contributed by atoms with E-state index >= 15 is 0 Å². The maximum atomic E-state index is 12.4. The zero-order valence-electron chi connectivity index (χ0n) is 16.4. The Morgan fingerprint density at radius 1 is 1.29 bits per heavy atom. The van der Waals surface area contributed by atoms with Gasteiger partial charge in [-0.2, -0.15) is 4.98 Å². The van der Waals surface area contributed by atoms with E-state index in [1.54, 1.807) is 0 Å². The number of esters is 1. The molecule has 0 radical (unpaired) electrons. The second kappa shape index (κ2) is 8.71. The summed E-state index contributed by atoms with van der Waals surface area (Å²) in [5, 5.41) is 20.3. The molecule has 5 atom stereocenters. The molecule has 0 bridgehead atoms. The Hall–Kier alpha value is -2.86. The van der Waals surface area contributed by atoms with Gasteiger partial charge in [-0.25, -0.2) is 4.79 Å². The van der Waals surface area contributed by atoms with Crippen LogP contribution in [0.5, 0.6) is 0 Å². The van der Waals surface area contributed by atoms with Gasteiger partial charge in [-0.05, 0) is 17.7 Å². The first-order valence-electron chi connectivity index (χ1n) is 9.68. The fourth-order valence-electron chi connectivity index (χ4n) is 3.61. The summed E-state index contributed by atoms with van der Waals surface area (Å²) in [6, 6.07) is 8.25. The van der Waals surface area contributed by atoms with E-state index in [0.717, 1.165) is 28.2 Å². The van der Waals surface area contributed by atoms with Crippen LogP contribution in [-0.4, -0.2) is 60.8 Å². The van der Waals surface area contributed by atoms with Gasteiger partial charge in [-0.3, -0.25) is 9.36 Å². The van der Waals surface area contributed by atoms with E-state index in [-0.39, 0.29) is 12.4 Å². The number of hydrogen-bond donors (Lipinski definition) is 5. The van der Waals surface area contributed by atoms with Gasteiger partial charge in [0.15, 0.2) is 0 Å².